The van der Waals surface area contributed by atoms with Gasteiger partial charge in [-0.05, 0) is 36.6 Å². The Labute approximate surface area is 116 Å². The van der Waals surface area contributed by atoms with Gasteiger partial charge in [0.2, 0.25) is 10.0 Å². The molecule has 1 aromatic carbocycles. The molecular weight excluding hydrogens is 260 g/mol. The number of nitrogens with zero attached hydrogens (tertiary/aromatic N) is 1. The second-order valence-electron chi connectivity index (χ2n) is 4.96. The first-order valence-electron chi connectivity index (χ1n) is 6.62. The third kappa shape index (κ3) is 4.30. The van der Waals surface area contributed by atoms with Crippen LogP contribution >= 0.6 is 0 Å². The Morgan fingerprint density at radius 1 is 1.21 bits per heavy atom. The van der Waals surface area contributed by atoms with E-state index in [0.29, 0.717) is 10.8 Å². The molecule has 1 unspecified atom stereocenters. The fourth-order valence-electron chi connectivity index (χ4n) is 1.79. The Morgan fingerprint density at radius 2 is 1.79 bits per heavy atom. The number of rotatable bonds is 7. The summed E-state index contributed by atoms with van der Waals surface area (Å²) in [5.41, 5.74) is 1.15. The van der Waals surface area contributed by atoms with Crippen LogP contribution in [0, 0.1) is 0 Å². The van der Waals surface area contributed by atoms with Gasteiger partial charge in [-0.3, -0.25) is 0 Å². The number of sulfonamides is 1. The second-order valence-corrected chi connectivity index (χ2v) is 7.11. The predicted octanol–water partition coefficient (Wildman–Crippen LogP) is 2.04. The fourth-order valence-corrected chi connectivity index (χ4v) is 2.69. The Balaban J connectivity index is 2.77. The van der Waals surface area contributed by atoms with Gasteiger partial charge in [-0.25, -0.2) is 12.7 Å². The molecule has 0 aliphatic carbocycles. The summed E-state index contributed by atoms with van der Waals surface area (Å²) in [6, 6.07) is 7.16. The molecule has 5 heteroatoms. The highest BCUT2D eigenvalue weighted by Crippen LogP contribution is 2.19. The van der Waals surface area contributed by atoms with E-state index < -0.39 is 10.0 Å². The summed E-state index contributed by atoms with van der Waals surface area (Å²) in [6.07, 6.45) is 1.12. The van der Waals surface area contributed by atoms with Gasteiger partial charge in [0.1, 0.15) is 0 Å². The van der Waals surface area contributed by atoms with Crippen molar-refractivity contribution in [1.29, 1.82) is 0 Å². The van der Waals surface area contributed by atoms with Crippen LogP contribution in [-0.4, -0.2) is 39.9 Å². The molecule has 0 heterocycles. The molecular formula is C14H24N2O2S. The monoisotopic (exact) mass is 284 g/mol. The van der Waals surface area contributed by atoms with Crippen molar-refractivity contribution in [2.24, 2.45) is 0 Å². The zero-order chi connectivity index (χ0) is 14.5. The SMILES string of the molecule is CCCNCC(C)c1ccc(S(=O)(=O)N(C)C)cc1. The molecule has 0 aliphatic rings. The van der Waals surface area contributed by atoms with E-state index in [1.54, 1.807) is 26.2 Å². The van der Waals surface area contributed by atoms with Gasteiger partial charge in [0, 0.05) is 20.6 Å². The summed E-state index contributed by atoms with van der Waals surface area (Å²) in [4.78, 5) is 0.343. The highest BCUT2D eigenvalue weighted by molar-refractivity contribution is 7.89. The lowest BCUT2D eigenvalue weighted by molar-refractivity contribution is 0.520. The topological polar surface area (TPSA) is 49.4 Å². The fraction of sp³-hybridized carbons (Fsp3) is 0.571. The number of benzene rings is 1. The van der Waals surface area contributed by atoms with E-state index in [2.05, 4.69) is 19.2 Å². The average molecular weight is 284 g/mol. The van der Waals surface area contributed by atoms with Crippen molar-refractivity contribution in [3.05, 3.63) is 29.8 Å². The van der Waals surface area contributed by atoms with Crippen molar-refractivity contribution < 1.29 is 8.42 Å². The lowest BCUT2D eigenvalue weighted by Gasteiger charge is -2.15. The summed E-state index contributed by atoms with van der Waals surface area (Å²) >= 11 is 0. The first kappa shape index (κ1) is 16.1. The maximum Gasteiger partial charge on any atom is 0.242 e. The molecule has 0 saturated heterocycles. The van der Waals surface area contributed by atoms with Crippen molar-refractivity contribution in [1.82, 2.24) is 9.62 Å². The quantitative estimate of drug-likeness (QED) is 0.780. The smallest absolute Gasteiger partial charge is 0.242 e. The molecule has 19 heavy (non-hydrogen) atoms. The van der Waals surface area contributed by atoms with Crippen LogP contribution < -0.4 is 5.32 Å². The maximum absolute atomic E-state index is 11.9. The highest BCUT2D eigenvalue weighted by Gasteiger charge is 2.17. The van der Waals surface area contributed by atoms with Crippen LogP contribution in [0.15, 0.2) is 29.2 Å². The minimum absolute atomic E-state index is 0.343. The molecule has 1 atom stereocenters. The van der Waals surface area contributed by atoms with E-state index in [9.17, 15) is 8.42 Å². The highest BCUT2D eigenvalue weighted by atomic mass is 32.2. The second kappa shape index (κ2) is 7.03. The van der Waals surface area contributed by atoms with E-state index in [4.69, 9.17) is 0 Å². The van der Waals surface area contributed by atoms with Gasteiger partial charge in [-0.2, -0.15) is 0 Å². The van der Waals surface area contributed by atoms with E-state index in [1.165, 1.54) is 4.31 Å². The Bertz CT molecular complexity index is 481. The number of nitrogens with one attached hydrogen (secondary N) is 1. The zero-order valence-corrected chi connectivity index (χ0v) is 13.0. The third-order valence-electron chi connectivity index (χ3n) is 3.11. The van der Waals surface area contributed by atoms with Crippen LogP contribution in [0.4, 0.5) is 0 Å². The van der Waals surface area contributed by atoms with E-state index in [1.807, 2.05) is 12.1 Å². The molecule has 0 aromatic heterocycles. The zero-order valence-electron chi connectivity index (χ0n) is 12.2. The largest absolute Gasteiger partial charge is 0.316 e. The van der Waals surface area contributed by atoms with Crippen LogP contribution in [0.25, 0.3) is 0 Å². The van der Waals surface area contributed by atoms with Gasteiger partial charge < -0.3 is 5.32 Å². The van der Waals surface area contributed by atoms with Crippen LogP contribution in [0.1, 0.15) is 31.7 Å². The molecule has 0 radical (unpaired) electrons. The predicted molar refractivity (Wildman–Crippen MR) is 78.9 cm³/mol. The summed E-state index contributed by atoms with van der Waals surface area (Å²) in [6.45, 7) is 6.20. The van der Waals surface area contributed by atoms with Crippen molar-refractivity contribution in [3.63, 3.8) is 0 Å². The van der Waals surface area contributed by atoms with Crippen molar-refractivity contribution >= 4 is 10.0 Å². The first-order chi connectivity index (χ1) is 8.89. The molecule has 1 N–H and O–H groups in total. The molecule has 108 valence electrons. The van der Waals surface area contributed by atoms with Crippen LogP contribution in [0.2, 0.25) is 0 Å². The van der Waals surface area contributed by atoms with Gasteiger partial charge in [-0.15, -0.1) is 0 Å². The Kier molecular flexibility index (Phi) is 5.97. The molecule has 4 nitrogen and oxygen atoms in total. The summed E-state index contributed by atoms with van der Waals surface area (Å²) in [7, 11) is -0.238. The molecule has 0 saturated carbocycles. The molecule has 0 amide bonds. The van der Waals surface area contributed by atoms with E-state index >= 15 is 0 Å². The third-order valence-corrected chi connectivity index (χ3v) is 4.93. The molecule has 0 aliphatic heterocycles. The van der Waals surface area contributed by atoms with Gasteiger partial charge in [-0.1, -0.05) is 26.0 Å². The molecule has 0 spiro atoms. The van der Waals surface area contributed by atoms with E-state index in [0.717, 1.165) is 25.1 Å². The van der Waals surface area contributed by atoms with Gasteiger partial charge in [0.15, 0.2) is 0 Å². The minimum atomic E-state index is -3.32. The summed E-state index contributed by atoms with van der Waals surface area (Å²) in [5.74, 6) is 0.377. The lowest BCUT2D eigenvalue weighted by Crippen LogP contribution is -2.22. The van der Waals surface area contributed by atoms with E-state index in [-0.39, 0.29) is 0 Å². The van der Waals surface area contributed by atoms with Crippen molar-refractivity contribution in [2.45, 2.75) is 31.1 Å². The summed E-state index contributed by atoms with van der Waals surface area (Å²) in [5, 5.41) is 3.37. The molecule has 0 bridgehead atoms. The van der Waals surface area contributed by atoms with Crippen LogP contribution in [0.5, 0.6) is 0 Å². The van der Waals surface area contributed by atoms with Gasteiger partial charge >= 0.3 is 0 Å². The number of hydrogen-bond acceptors (Lipinski definition) is 3. The Hall–Kier alpha value is -0.910. The van der Waals surface area contributed by atoms with Gasteiger partial charge in [0.25, 0.3) is 0 Å². The molecule has 1 aromatic rings. The number of hydrogen-bond donors (Lipinski definition) is 1. The minimum Gasteiger partial charge on any atom is -0.316 e. The molecule has 0 fully saturated rings. The molecule has 1 rings (SSSR count). The Morgan fingerprint density at radius 3 is 2.26 bits per heavy atom. The summed E-state index contributed by atoms with van der Waals surface area (Å²) < 4.78 is 25.1. The average Bonchev–Trinajstić information content (AvgIpc) is 2.39. The standard InChI is InChI=1S/C14H24N2O2S/c1-5-10-15-11-12(2)13-6-8-14(9-7-13)19(17,18)16(3)4/h6-9,12,15H,5,10-11H2,1-4H3. The maximum atomic E-state index is 11.9. The van der Waals surface area contributed by atoms with Crippen LogP contribution in [-0.2, 0) is 10.0 Å². The van der Waals surface area contributed by atoms with Crippen molar-refractivity contribution in [2.75, 3.05) is 27.2 Å². The normalized spacial score (nSPS) is 13.7. The van der Waals surface area contributed by atoms with Crippen LogP contribution in [0.3, 0.4) is 0 Å². The lowest BCUT2D eigenvalue weighted by atomic mass is 10.0. The van der Waals surface area contributed by atoms with Gasteiger partial charge in [0.05, 0.1) is 4.90 Å². The first-order valence-corrected chi connectivity index (χ1v) is 8.06. The van der Waals surface area contributed by atoms with Crippen molar-refractivity contribution in [3.8, 4) is 0 Å².